The highest BCUT2D eigenvalue weighted by atomic mass is 32.2. The maximum Gasteiger partial charge on any atom is 0.316 e. The Kier molecular flexibility index (Phi) is 4.97. The molecule has 1 aromatic heterocycles. The zero-order valence-electron chi connectivity index (χ0n) is 11.5. The van der Waals surface area contributed by atoms with Crippen molar-refractivity contribution in [2.45, 2.75) is 18.2 Å². The van der Waals surface area contributed by atoms with Gasteiger partial charge in [0.15, 0.2) is 4.34 Å². The molecule has 106 valence electrons. The molecule has 0 unspecified atom stereocenters. The second kappa shape index (κ2) is 6.71. The van der Waals surface area contributed by atoms with Crippen molar-refractivity contribution >= 4 is 39.9 Å². The number of carbonyl (C=O) groups excluding carboxylic acids is 1. The summed E-state index contributed by atoms with van der Waals surface area (Å²) in [6, 6.07) is 6.17. The van der Waals surface area contributed by atoms with Crippen molar-refractivity contribution < 1.29 is 9.53 Å². The van der Waals surface area contributed by atoms with Crippen LogP contribution in [0, 0.1) is 13.8 Å². The molecule has 0 spiro atoms. The Balaban J connectivity index is 2.00. The number of esters is 1. The Bertz CT molecular complexity index is 613. The quantitative estimate of drug-likeness (QED) is 0.676. The fourth-order valence-electron chi connectivity index (χ4n) is 1.57. The minimum atomic E-state index is -0.269. The van der Waals surface area contributed by atoms with Crippen molar-refractivity contribution in [3.8, 4) is 0 Å². The average molecular weight is 309 g/mol. The van der Waals surface area contributed by atoms with Crippen LogP contribution in [0.5, 0.6) is 0 Å². The number of aromatic nitrogens is 2. The molecule has 0 saturated carbocycles. The summed E-state index contributed by atoms with van der Waals surface area (Å²) < 4.78 is 5.32. The molecular weight excluding hydrogens is 294 g/mol. The van der Waals surface area contributed by atoms with E-state index in [1.54, 1.807) is 0 Å². The summed E-state index contributed by atoms with van der Waals surface area (Å²) in [5.41, 5.74) is 3.39. The van der Waals surface area contributed by atoms with Crippen LogP contribution < -0.4 is 5.32 Å². The molecule has 2 rings (SSSR count). The number of nitrogens with one attached hydrogen (secondary N) is 1. The van der Waals surface area contributed by atoms with Gasteiger partial charge in [0, 0.05) is 5.69 Å². The van der Waals surface area contributed by atoms with Gasteiger partial charge < -0.3 is 10.1 Å². The fourth-order valence-corrected chi connectivity index (χ4v) is 3.16. The minimum absolute atomic E-state index is 0.245. The lowest BCUT2D eigenvalue weighted by atomic mass is 10.1. The molecule has 5 nitrogen and oxygen atoms in total. The SMILES string of the molecule is COC(=O)CSc1nnc(Nc2ccc(C)cc2C)s1. The molecule has 0 bridgehead atoms. The Morgan fingerprint density at radius 3 is 2.90 bits per heavy atom. The van der Waals surface area contributed by atoms with E-state index in [-0.39, 0.29) is 11.7 Å². The molecule has 1 N–H and O–H groups in total. The van der Waals surface area contributed by atoms with E-state index in [4.69, 9.17) is 0 Å². The smallest absolute Gasteiger partial charge is 0.316 e. The summed E-state index contributed by atoms with van der Waals surface area (Å²) in [4.78, 5) is 11.1. The summed E-state index contributed by atoms with van der Waals surface area (Å²) in [5, 5.41) is 12.0. The highest BCUT2D eigenvalue weighted by Crippen LogP contribution is 2.28. The van der Waals surface area contributed by atoms with Crippen molar-refractivity contribution in [2.24, 2.45) is 0 Å². The zero-order valence-corrected chi connectivity index (χ0v) is 13.1. The first-order valence-electron chi connectivity index (χ1n) is 5.96. The summed E-state index contributed by atoms with van der Waals surface area (Å²) >= 11 is 2.74. The Labute approximate surface area is 125 Å². The number of hydrogen-bond acceptors (Lipinski definition) is 7. The number of thioether (sulfide) groups is 1. The lowest BCUT2D eigenvalue weighted by molar-refractivity contribution is -0.137. The van der Waals surface area contributed by atoms with Crippen molar-refractivity contribution in [1.29, 1.82) is 0 Å². The summed E-state index contributed by atoms with van der Waals surface area (Å²) in [6.45, 7) is 4.10. The van der Waals surface area contributed by atoms with Gasteiger partial charge in [-0.25, -0.2) is 0 Å². The molecule has 0 aliphatic heterocycles. The summed E-state index contributed by atoms with van der Waals surface area (Å²) in [6.07, 6.45) is 0. The van der Waals surface area contributed by atoms with E-state index in [1.807, 2.05) is 19.1 Å². The second-order valence-corrected chi connectivity index (χ2v) is 6.38. The molecule has 7 heteroatoms. The average Bonchev–Trinajstić information content (AvgIpc) is 2.87. The van der Waals surface area contributed by atoms with Gasteiger partial charge in [0.2, 0.25) is 5.13 Å². The molecule has 1 heterocycles. The number of rotatable bonds is 5. The number of nitrogens with zero attached hydrogens (tertiary/aromatic N) is 2. The van der Waals surface area contributed by atoms with Gasteiger partial charge in [0.05, 0.1) is 12.9 Å². The number of carbonyl (C=O) groups is 1. The second-order valence-electron chi connectivity index (χ2n) is 4.18. The van der Waals surface area contributed by atoms with Crippen molar-refractivity contribution in [3.63, 3.8) is 0 Å². The van der Waals surface area contributed by atoms with Crippen molar-refractivity contribution in [2.75, 3.05) is 18.2 Å². The standard InChI is InChI=1S/C13H15N3O2S2/c1-8-4-5-10(9(2)6-8)14-12-15-16-13(20-12)19-7-11(17)18-3/h4-6H,7H2,1-3H3,(H,14,15). The van der Waals surface area contributed by atoms with Crippen LogP contribution in [-0.2, 0) is 9.53 Å². The molecule has 0 amide bonds. The first kappa shape index (κ1) is 14.8. The van der Waals surface area contributed by atoms with Crippen molar-refractivity contribution in [1.82, 2.24) is 10.2 Å². The normalized spacial score (nSPS) is 10.3. The van der Waals surface area contributed by atoms with Crippen molar-refractivity contribution in [3.05, 3.63) is 29.3 Å². The number of methoxy groups -OCH3 is 1. The van der Waals surface area contributed by atoms with Crippen LogP contribution in [0.2, 0.25) is 0 Å². The third-order valence-corrected chi connectivity index (χ3v) is 4.52. The zero-order chi connectivity index (χ0) is 14.5. The number of benzene rings is 1. The van der Waals surface area contributed by atoms with Crippen LogP contribution in [0.4, 0.5) is 10.8 Å². The predicted molar refractivity (Wildman–Crippen MR) is 81.8 cm³/mol. The molecule has 2 aromatic rings. The first-order chi connectivity index (χ1) is 9.58. The Morgan fingerprint density at radius 2 is 2.20 bits per heavy atom. The Hall–Kier alpha value is -1.60. The van der Waals surface area contributed by atoms with Gasteiger partial charge in [-0.05, 0) is 25.5 Å². The minimum Gasteiger partial charge on any atom is -0.468 e. The maximum atomic E-state index is 11.1. The number of anilines is 2. The van der Waals surface area contributed by atoms with Crippen LogP contribution in [0.1, 0.15) is 11.1 Å². The molecule has 1 aromatic carbocycles. The monoisotopic (exact) mass is 309 g/mol. The highest BCUT2D eigenvalue weighted by molar-refractivity contribution is 8.01. The lowest BCUT2D eigenvalue weighted by Gasteiger charge is -2.06. The van der Waals surface area contributed by atoms with Crippen LogP contribution in [0.15, 0.2) is 22.5 Å². The molecule has 0 aliphatic carbocycles. The number of aryl methyl sites for hydroxylation is 2. The van der Waals surface area contributed by atoms with Crippen LogP contribution in [-0.4, -0.2) is 29.0 Å². The topological polar surface area (TPSA) is 64.1 Å². The first-order valence-corrected chi connectivity index (χ1v) is 7.76. The predicted octanol–water partition coefficient (Wildman–Crippen LogP) is 3.16. The number of hydrogen-bond donors (Lipinski definition) is 1. The van der Waals surface area contributed by atoms with E-state index < -0.39 is 0 Å². The molecule has 0 fully saturated rings. The van der Waals surface area contributed by atoms with E-state index in [0.717, 1.165) is 15.6 Å². The van der Waals surface area contributed by atoms with Gasteiger partial charge in [-0.15, -0.1) is 10.2 Å². The lowest BCUT2D eigenvalue weighted by Crippen LogP contribution is -2.02. The van der Waals surface area contributed by atoms with Crippen LogP contribution in [0.25, 0.3) is 0 Å². The van der Waals surface area contributed by atoms with Gasteiger partial charge in [-0.1, -0.05) is 40.8 Å². The molecule has 0 saturated heterocycles. The van der Waals surface area contributed by atoms with Gasteiger partial charge in [-0.2, -0.15) is 0 Å². The molecule has 0 radical (unpaired) electrons. The summed E-state index contributed by atoms with van der Waals surface area (Å²) in [7, 11) is 1.37. The fraction of sp³-hybridized carbons (Fsp3) is 0.308. The molecule has 0 aliphatic rings. The highest BCUT2D eigenvalue weighted by Gasteiger charge is 2.09. The number of ether oxygens (including phenoxy) is 1. The Morgan fingerprint density at radius 1 is 1.40 bits per heavy atom. The van der Waals surface area contributed by atoms with E-state index in [0.29, 0.717) is 5.13 Å². The largest absolute Gasteiger partial charge is 0.468 e. The van der Waals surface area contributed by atoms with Gasteiger partial charge in [0.25, 0.3) is 0 Å². The van der Waals surface area contributed by atoms with Crippen LogP contribution in [0.3, 0.4) is 0 Å². The summed E-state index contributed by atoms with van der Waals surface area (Å²) in [5.74, 6) is -0.0246. The molecule has 20 heavy (non-hydrogen) atoms. The molecular formula is C13H15N3O2S2. The van der Waals surface area contributed by atoms with Gasteiger partial charge in [0.1, 0.15) is 0 Å². The van der Waals surface area contributed by atoms with E-state index in [2.05, 4.69) is 33.2 Å². The van der Waals surface area contributed by atoms with Gasteiger partial charge >= 0.3 is 5.97 Å². The van der Waals surface area contributed by atoms with E-state index in [1.165, 1.54) is 35.8 Å². The van der Waals surface area contributed by atoms with E-state index in [9.17, 15) is 4.79 Å². The van der Waals surface area contributed by atoms with Crippen LogP contribution >= 0.6 is 23.1 Å². The maximum absolute atomic E-state index is 11.1. The third kappa shape index (κ3) is 3.94. The van der Waals surface area contributed by atoms with E-state index >= 15 is 0 Å². The molecule has 0 atom stereocenters. The third-order valence-electron chi connectivity index (χ3n) is 2.57. The van der Waals surface area contributed by atoms with Gasteiger partial charge in [-0.3, -0.25) is 4.79 Å².